The summed E-state index contributed by atoms with van der Waals surface area (Å²) >= 11 is 0. The van der Waals surface area contributed by atoms with E-state index < -0.39 is 22.2 Å². The lowest BCUT2D eigenvalue weighted by Gasteiger charge is -2.33. The van der Waals surface area contributed by atoms with Gasteiger partial charge in [0, 0.05) is 5.41 Å². The number of nitrogens with zero attached hydrogens (tertiary/aromatic N) is 3. The molecule has 4 aliphatic rings. The van der Waals surface area contributed by atoms with Crippen LogP contribution in [0.3, 0.4) is 0 Å². The average molecular weight is 272 g/mol. The zero-order chi connectivity index (χ0) is 14.1. The van der Waals surface area contributed by atoms with Gasteiger partial charge in [0.25, 0.3) is 5.91 Å². The van der Waals surface area contributed by atoms with Gasteiger partial charge >= 0.3 is 0 Å². The van der Waals surface area contributed by atoms with Crippen LogP contribution in [-0.4, -0.2) is 25.0 Å². The van der Waals surface area contributed by atoms with Crippen molar-refractivity contribution < 1.29 is 9.47 Å². The summed E-state index contributed by atoms with van der Waals surface area (Å²) in [6, 6.07) is 4.69. The van der Waals surface area contributed by atoms with Crippen molar-refractivity contribution in [2.45, 2.75) is 38.0 Å². The van der Waals surface area contributed by atoms with Crippen LogP contribution in [0, 0.1) is 38.9 Å². The number of hydrogen-bond acceptors (Lipinski definition) is 6. The maximum atomic E-state index is 9.93. The highest BCUT2D eigenvalue weighted by Gasteiger charge is 3.00. The van der Waals surface area contributed by atoms with Gasteiger partial charge in [0.2, 0.25) is 0 Å². The average Bonchev–Trinajstić information content (AvgIpc) is 2.77. The van der Waals surface area contributed by atoms with Gasteiger partial charge in [-0.25, -0.2) is 4.99 Å². The van der Waals surface area contributed by atoms with E-state index in [1.807, 2.05) is 0 Å². The molecule has 2 atom stereocenters. The van der Waals surface area contributed by atoms with E-state index in [1.165, 1.54) is 0 Å². The highest BCUT2D eigenvalue weighted by atomic mass is 16.8. The molecule has 6 heteroatoms. The normalized spacial score (nSPS) is 42.8. The summed E-state index contributed by atoms with van der Waals surface area (Å²) in [5.41, 5.74) is 3.56. The van der Waals surface area contributed by atoms with E-state index in [0.29, 0.717) is 13.2 Å². The molecule has 0 unspecified atom stereocenters. The van der Waals surface area contributed by atoms with E-state index in [9.17, 15) is 10.5 Å². The molecule has 0 aromatic rings. The SMILES string of the molecule is N#C[C@]12C3(N=C(N)[C@]1(C#N)C21CCCCC1)OCCO3. The molecule has 2 heterocycles. The molecule has 2 spiro atoms. The Balaban J connectivity index is 1.95. The molecule has 0 aromatic heterocycles. The first-order valence-electron chi connectivity index (χ1n) is 7.13. The van der Waals surface area contributed by atoms with E-state index in [2.05, 4.69) is 17.1 Å². The van der Waals surface area contributed by atoms with Gasteiger partial charge in [0.1, 0.15) is 11.3 Å². The third-order valence-corrected chi connectivity index (χ3v) is 5.78. The van der Waals surface area contributed by atoms with Crippen LogP contribution in [0.1, 0.15) is 32.1 Å². The topological polar surface area (TPSA) is 104 Å². The van der Waals surface area contributed by atoms with Crippen molar-refractivity contribution in [1.29, 1.82) is 10.5 Å². The predicted molar refractivity (Wildman–Crippen MR) is 67.9 cm³/mol. The van der Waals surface area contributed by atoms with Crippen LogP contribution in [0.2, 0.25) is 0 Å². The fourth-order valence-electron chi connectivity index (χ4n) is 5.09. The number of ether oxygens (including phenoxy) is 2. The standard InChI is InChI=1S/C14H16N4O2/c15-8-12-10(17)18-14(19-6-7-20-14)13(12,9-16)11(12)4-2-1-3-5-11/h1-7H2,(H2,17,18)/t12-,13-/m1/s1. The quantitative estimate of drug-likeness (QED) is 0.709. The highest BCUT2D eigenvalue weighted by Crippen LogP contribution is 2.89. The molecule has 2 N–H and O–H groups in total. The Morgan fingerprint density at radius 1 is 1.05 bits per heavy atom. The molecular weight excluding hydrogens is 256 g/mol. The van der Waals surface area contributed by atoms with Crippen LogP contribution >= 0.6 is 0 Å². The predicted octanol–water partition coefficient (Wildman–Crippen LogP) is 1.04. The molecular formula is C14H16N4O2. The smallest absolute Gasteiger partial charge is 0.293 e. The minimum atomic E-state index is -1.35. The highest BCUT2D eigenvalue weighted by molar-refractivity contribution is 6.00. The molecule has 2 aliphatic heterocycles. The van der Waals surface area contributed by atoms with Crippen LogP contribution < -0.4 is 5.73 Å². The lowest BCUT2D eigenvalue weighted by molar-refractivity contribution is -0.193. The Kier molecular flexibility index (Phi) is 2.02. The van der Waals surface area contributed by atoms with E-state index >= 15 is 0 Å². The van der Waals surface area contributed by atoms with Gasteiger partial charge in [-0.2, -0.15) is 10.5 Å². The maximum Gasteiger partial charge on any atom is 0.293 e. The Labute approximate surface area is 117 Å². The molecule has 0 bridgehead atoms. The van der Waals surface area contributed by atoms with Crippen molar-refractivity contribution in [3.8, 4) is 12.1 Å². The third-order valence-electron chi connectivity index (χ3n) is 5.78. The van der Waals surface area contributed by atoms with Crippen LogP contribution in [0.5, 0.6) is 0 Å². The van der Waals surface area contributed by atoms with Crippen molar-refractivity contribution in [1.82, 2.24) is 0 Å². The molecule has 0 aromatic carbocycles. The first-order chi connectivity index (χ1) is 9.66. The summed E-state index contributed by atoms with van der Waals surface area (Å²) in [6.45, 7) is 0.773. The van der Waals surface area contributed by atoms with E-state index in [4.69, 9.17) is 15.2 Å². The first kappa shape index (κ1) is 12.1. The largest absolute Gasteiger partial charge is 0.386 e. The van der Waals surface area contributed by atoms with Gasteiger partial charge in [0.05, 0.1) is 25.4 Å². The summed E-state index contributed by atoms with van der Waals surface area (Å²) in [6.07, 6.45) is 4.79. The van der Waals surface area contributed by atoms with Gasteiger partial charge < -0.3 is 15.2 Å². The summed E-state index contributed by atoms with van der Waals surface area (Å²) in [5, 5.41) is 19.8. The van der Waals surface area contributed by atoms with Crippen molar-refractivity contribution in [3.63, 3.8) is 0 Å². The van der Waals surface area contributed by atoms with Gasteiger partial charge in [-0.05, 0) is 12.8 Å². The van der Waals surface area contributed by atoms with Crippen LogP contribution in [-0.2, 0) is 9.47 Å². The molecule has 4 rings (SSSR count). The summed E-state index contributed by atoms with van der Waals surface area (Å²) in [5.74, 6) is -1.12. The lowest BCUT2D eigenvalue weighted by atomic mass is 9.76. The van der Waals surface area contributed by atoms with E-state index in [1.54, 1.807) is 0 Å². The minimum absolute atomic E-state index is 0.227. The third kappa shape index (κ3) is 0.827. The summed E-state index contributed by atoms with van der Waals surface area (Å²) in [4.78, 5) is 4.29. The second-order valence-corrected chi connectivity index (χ2v) is 6.14. The van der Waals surface area contributed by atoms with Gasteiger partial charge in [-0.3, -0.25) is 0 Å². The molecule has 2 aliphatic carbocycles. The number of rotatable bonds is 0. The number of nitriles is 2. The van der Waals surface area contributed by atoms with Crippen LogP contribution in [0.4, 0.5) is 0 Å². The van der Waals surface area contributed by atoms with Crippen LogP contribution in [0.15, 0.2) is 4.99 Å². The number of nitrogens with two attached hydrogens (primary N) is 1. The fourth-order valence-corrected chi connectivity index (χ4v) is 5.09. The number of hydrogen-bond donors (Lipinski definition) is 1. The van der Waals surface area contributed by atoms with Gasteiger partial charge in [-0.1, -0.05) is 19.3 Å². The second-order valence-electron chi connectivity index (χ2n) is 6.14. The Hall–Kier alpha value is -1.63. The molecule has 6 nitrogen and oxygen atoms in total. The summed E-state index contributed by atoms with van der Waals surface area (Å²) < 4.78 is 11.4. The number of fused-ring (bicyclic) bond motifs is 4. The minimum Gasteiger partial charge on any atom is -0.386 e. The molecule has 2 saturated carbocycles. The first-order valence-corrected chi connectivity index (χ1v) is 7.13. The van der Waals surface area contributed by atoms with E-state index in [0.717, 1.165) is 32.1 Å². The monoisotopic (exact) mass is 272 g/mol. The number of amidine groups is 1. The van der Waals surface area contributed by atoms with E-state index in [-0.39, 0.29) is 5.84 Å². The zero-order valence-electron chi connectivity index (χ0n) is 11.2. The fraction of sp³-hybridized carbons (Fsp3) is 0.786. The molecule has 3 fully saturated rings. The molecule has 0 amide bonds. The summed E-state index contributed by atoms with van der Waals surface area (Å²) in [7, 11) is 0. The Bertz CT molecular complexity index is 589. The van der Waals surface area contributed by atoms with Crippen molar-refractivity contribution in [2.75, 3.05) is 13.2 Å². The second kappa shape index (κ2) is 3.33. The van der Waals surface area contributed by atoms with Gasteiger partial charge in [0.15, 0.2) is 5.41 Å². The van der Waals surface area contributed by atoms with Crippen molar-refractivity contribution >= 4 is 5.84 Å². The molecule has 20 heavy (non-hydrogen) atoms. The molecule has 1 saturated heterocycles. The Morgan fingerprint density at radius 3 is 2.25 bits per heavy atom. The maximum absolute atomic E-state index is 9.93. The molecule has 104 valence electrons. The van der Waals surface area contributed by atoms with Gasteiger partial charge in [-0.15, -0.1) is 0 Å². The Morgan fingerprint density at radius 2 is 1.70 bits per heavy atom. The molecule has 0 radical (unpaired) electrons. The zero-order valence-corrected chi connectivity index (χ0v) is 11.2. The number of aliphatic imine (C=N–C) groups is 1. The lowest BCUT2D eigenvalue weighted by Crippen LogP contribution is -2.42. The van der Waals surface area contributed by atoms with Crippen LogP contribution in [0.25, 0.3) is 0 Å². The van der Waals surface area contributed by atoms with Crippen molar-refractivity contribution in [2.24, 2.45) is 27.0 Å². The van der Waals surface area contributed by atoms with Crippen molar-refractivity contribution in [3.05, 3.63) is 0 Å².